The highest BCUT2D eigenvalue weighted by atomic mass is 16.4. The Labute approximate surface area is 150 Å². The third kappa shape index (κ3) is 14.8. The predicted molar refractivity (Wildman–Crippen MR) is 95.9 cm³/mol. The van der Waals surface area contributed by atoms with Crippen LogP contribution in [-0.4, -0.2) is 133 Å². The van der Waals surface area contributed by atoms with Crippen LogP contribution in [0.1, 0.15) is 6.92 Å². The second kappa shape index (κ2) is 13.0. The molecule has 9 heteroatoms. The summed E-state index contributed by atoms with van der Waals surface area (Å²) in [5, 5.41) is 27.5. The molecule has 1 atom stereocenters. The maximum atomic E-state index is 11.1. The Morgan fingerprint density at radius 3 is 1.56 bits per heavy atom. The van der Waals surface area contributed by atoms with Crippen LogP contribution in [0.5, 0.6) is 0 Å². The smallest absolute Gasteiger partial charge is 0.317 e. The molecule has 0 saturated carbocycles. The minimum Gasteiger partial charge on any atom is -0.480 e. The van der Waals surface area contributed by atoms with E-state index in [9.17, 15) is 14.7 Å². The summed E-state index contributed by atoms with van der Waals surface area (Å²) in [4.78, 5) is 29.6. The zero-order valence-corrected chi connectivity index (χ0v) is 15.9. The molecule has 0 aromatic heterocycles. The first kappa shape index (κ1) is 23.7. The van der Waals surface area contributed by atoms with Crippen molar-refractivity contribution in [3.05, 3.63) is 0 Å². The van der Waals surface area contributed by atoms with E-state index in [1.54, 1.807) is 11.8 Å². The topological polar surface area (TPSA) is 108 Å². The lowest BCUT2D eigenvalue weighted by atomic mass is 10.3. The Bertz CT molecular complexity index is 393. The molecule has 0 aliphatic rings. The van der Waals surface area contributed by atoms with Crippen LogP contribution in [0.15, 0.2) is 0 Å². The molecule has 0 fully saturated rings. The van der Waals surface area contributed by atoms with Crippen LogP contribution in [0.4, 0.5) is 0 Å². The average molecular weight is 362 g/mol. The van der Waals surface area contributed by atoms with Gasteiger partial charge >= 0.3 is 11.9 Å². The van der Waals surface area contributed by atoms with Crippen molar-refractivity contribution in [2.75, 3.05) is 80.0 Å². The van der Waals surface area contributed by atoms with Crippen molar-refractivity contribution in [1.29, 1.82) is 0 Å². The summed E-state index contributed by atoms with van der Waals surface area (Å²) in [6.45, 7) is 5.59. The van der Waals surface area contributed by atoms with Crippen molar-refractivity contribution in [2.45, 2.75) is 13.0 Å². The lowest BCUT2D eigenvalue weighted by molar-refractivity contribution is -0.140. The minimum atomic E-state index is -0.906. The number of carboxylic acid groups (broad SMARTS) is 2. The van der Waals surface area contributed by atoms with Crippen molar-refractivity contribution in [3.63, 3.8) is 0 Å². The van der Waals surface area contributed by atoms with Crippen LogP contribution >= 0.6 is 0 Å². The van der Waals surface area contributed by atoms with Gasteiger partial charge in [-0.25, -0.2) is 0 Å². The number of aliphatic carboxylic acids is 2. The van der Waals surface area contributed by atoms with Gasteiger partial charge < -0.3 is 25.1 Å². The number of likely N-dealkylation sites (N-methyl/N-ethyl adjacent to an activating group) is 2. The first-order valence-corrected chi connectivity index (χ1v) is 8.49. The highest BCUT2D eigenvalue weighted by molar-refractivity contribution is 5.69. The summed E-state index contributed by atoms with van der Waals surface area (Å²) < 4.78 is 0. The van der Waals surface area contributed by atoms with E-state index in [0.29, 0.717) is 39.3 Å². The number of hydrogen-bond acceptors (Lipinski definition) is 7. The quantitative estimate of drug-likeness (QED) is 0.325. The fourth-order valence-electron chi connectivity index (χ4n) is 2.40. The van der Waals surface area contributed by atoms with Crippen LogP contribution in [0.3, 0.4) is 0 Å². The Balaban J connectivity index is 4.53. The Hall–Kier alpha value is -1.26. The van der Waals surface area contributed by atoms with E-state index >= 15 is 0 Å². The van der Waals surface area contributed by atoms with E-state index in [1.807, 2.05) is 35.8 Å². The predicted octanol–water partition coefficient (Wildman–Crippen LogP) is -1.37. The highest BCUT2D eigenvalue weighted by Crippen LogP contribution is 1.96. The minimum absolute atomic E-state index is 0.0588. The number of hydrogen-bond donors (Lipinski definition) is 3. The molecular weight excluding hydrogens is 328 g/mol. The van der Waals surface area contributed by atoms with E-state index in [4.69, 9.17) is 10.2 Å². The van der Waals surface area contributed by atoms with E-state index < -0.39 is 18.0 Å². The van der Waals surface area contributed by atoms with Gasteiger partial charge in [-0.1, -0.05) is 0 Å². The van der Waals surface area contributed by atoms with Crippen molar-refractivity contribution in [3.8, 4) is 0 Å². The van der Waals surface area contributed by atoms with Gasteiger partial charge in [-0.15, -0.1) is 0 Å². The van der Waals surface area contributed by atoms with Crippen LogP contribution < -0.4 is 0 Å². The number of aliphatic hydroxyl groups excluding tert-OH is 1. The maximum absolute atomic E-state index is 11.1. The third-order valence-corrected chi connectivity index (χ3v) is 3.69. The molecule has 0 bridgehead atoms. The Morgan fingerprint density at radius 1 is 0.800 bits per heavy atom. The highest BCUT2D eigenvalue weighted by Gasteiger charge is 2.15. The fourth-order valence-corrected chi connectivity index (χ4v) is 2.40. The van der Waals surface area contributed by atoms with Gasteiger partial charge in [-0.2, -0.15) is 0 Å². The van der Waals surface area contributed by atoms with Crippen molar-refractivity contribution < 1.29 is 24.9 Å². The Kier molecular flexibility index (Phi) is 12.4. The first-order chi connectivity index (χ1) is 11.6. The summed E-state index contributed by atoms with van der Waals surface area (Å²) in [6.07, 6.45) is -0.435. The van der Waals surface area contributed by atoms with Gasteiger partial charge in [0.05, 0.1) is 19.2 Å². The van der Waals surface area contributed by atoms with Gasteiger partial charge in [0.15, 0.2) is 0 Å². The van der Waals surface area contributed by atoms with Gasteiger partial charge in [-0.05, 0) is 28.1 Å². The molecule has 3 N–H and O–H groups in total. The van der Waals surface area contributed by atoms with Crippen LogP contribution in [-0.2, 0) is 9.59 Å². The molecule has 25 heavy (non-hydrogen) atoms. The zero-order chi connectivity index (χ0) is 19.4. The number of rotatable bonds is 15. The zero-order valence-electron chi connectivity index (χ0n) is 15.9. The Morgan fingerprint density at radius 2 is 1.20 bits per heavy atom. The van der Waals surface area contributed by atoms with Gasteiger partial charge in [0, 0.05) is 45.8 Å². The number of nitrogens with zero attached hydrogens (tertiary/aromatic N) is 4. The molecule has 0 aliphatic heterocycles. The molecule has 0 aromatic rings. The average Bonchev–Trinajstić information content (AvgIpc) is 2.45. The molecule has 0 aliphatic carbocycles. The summed E-state index contributed by atoms with van der Waals surface area (Å²) in [6, 6.07) is 0. The van der Waals surface area contributed by atoms with E-state index in [2.05, 4.69) is 0 Å². The SMILES string of the molecule is CC(O)CN(C)CCN(CCN(CCN(C)C)CC(=O)O)CC(=O)O. The van der Waals surface area contributed by atoms with Crippen LogP contribution in [0.25, 0.3) is 0 Å². The van der Waals surface area contributed by atoms with Crippen molar-refractivity contribution in [2.24, 2.45) is 0 Å². The van der Waals surface area contributed by atoms with Crippen molar-refractivity contribution >= 4 is 11.9 Å². The second-order valence-corrected chi connectivity index (χ2v) is 6.75. The number of aliphatic hydroxyl groups is 1. The van der Waals surface area contributed by atoms with Crippen molar-refractivity contribution in [1.82, 2.24) is 19.6 Å². The monoisotopic (exact) mass is 362 g/mol. The fraction of sp³-hybridized carbons (Fsp3) is 0.875. The molecule has 0 saturated heterocycles. The third-order valence-electron chi connectivity index (χ3n) is 3.69. The van der Waals surface area contributed by atoms with Gasteiger partial charge in [-0.3, -0.25) is 19.4 Å². The van der Waals surface area contributed by atoms with E-state index in [0.717, 1.165) is 6.54 Å². The van der Waals surface area contributed by atoms with Crippen LogP contribution in [0.2, 0.25) is 0 Å². The molecular formula is C16H34N4O5. The molecule has 0 radical (unpaired) electrons. The summed E-state index contributed by atoms with van der Waals surface area (Å²) in [5.41, 5.74) is 0. The van der Waals surface area contributed by atoms with Gasteiger partial charge in [0.1, 0.15) is 0 Å². The van der Waals surface area contributed by atoms with E-state index in [-0.39, 0.29) is 13.1 Å². The normalized spacial score (nSPS) is 13.2. The van der Waals surface area contributed by atoms with Crippen LogP contribution in [0, 0.1) is 0 Å². The molecule has 1 unspecified atom stereocenters. The molecule has 0 amide bonds. The molecule has 0 aromatic carbocycles. The summed E-state index contributed by atoms with van der Waals surface area (Å²) in [5.74, 6) is -1.79. The van der Waals surface area contributed by atoms with Gasteiger partial charge in [0.2, 0.25) is 0 Å². The molecule has 0 rings (SSSR count). The molecule has 9 nitrogen and oxygen atoms in total. The first-order valence-electron chi connectivity index (χ1n) is 8.49. The standard InChI is InChI=1S/C16H34N4O5/c1-14(21)11-18(4)6-8-20(13-16(24)25)10-9-19(12-15(22)23)7-5-17(2)3/h14,21H,5-13H2,1-4H3,(H,22,23)(H,24,25). The maximum Gasteiger partial charge on any atom is 0.317 e. The lowest BCUT2D eigenvalue weighted by Gasteiger charge is -2.28. The largest absolute Gasteiger partial charge is 0.480 e. The van der Waals surface area contributed by atoms with Gasteiger partial charge in [0.25, 0.3) is 0 Å². The molecule has 148 valence electrons. The lowest BCUT2D eigenvalue weighted by Crippen LogP contribution is -2.44. The molecule has 0 spiro atoms. The second-order valence-electron chi connectivity index (χ2n) is 6.75. The number of carboxylic acids is 2. The summed E-state index contributed by atoms with van der Waals surface area (Å²) in [7, 11) is 5.72. The number of carbonyl (C=O) groups is 2. The van der Waals surface area contributed by atoms with E-state index in [1.165, 1.54) is 0 Å². The summed E-state index contributed by atoms with van der Waals surface area (Å²) >= 11 is 0. The molecule has 0 heterocycles.